The Kier molecular flexibility index (Phi) is 5.08. The molecule has 1 unspecified atom stereocenters. The largest absolute Gasteiger partial charge is 0.495 e. The van der Waals surface area contributed by atoms with Gasteiger partial charge >= 0.3 is 0 Å². The highest BCUT2D eigenvalue weighted by molar-refractivity contribution is 7.89. The van der Waals surface area contributed by atoms with Gasteiger partial charge in [-0.2, -0.15) is 0 Å². The number of hydrogen-bond donors (Lipinski definition) is 2. The molecular formula is C15H22N2O4S. The molecule has 122 valence electrons. The van der Waals surface area contributed by atoms with Crippen molar-refractivity contribution in [1.82, 2.24) is 10.0 Å². The molecule has 1 atom stereocenters. The third-order valence-electron chi connectivity index (χ3n) is 3.60. The Labute approximate surface area is 131 Å². The molecule has 1 aliphatic rings. The molecule has 0 saturated heterocycles. The molecule has 0 bridgehead atoms. The van der Waals surface area contributed by atoms with E-state index in [1.54, 1.807) is 6.07 Å². The van der Waals surface area contributed by atoms with Crippen LogP contribution >= 0.6 is 0 Å². The minimum Gasteiger partial charge on any atom is -0.495 e. The van der Waals surface area contributed by atoms with Crippen molar-refractivity contribution in [3.8, 4) is 5.75 Å². The lowest BCUT2D eigenvalue weighted by Crippen LogP contribution is -2.32. The van der Waals surface area contributed by atoms with Crippen LogP contribution in [0.4, 0.5) is 0 Å². The fraction of sp³-hybridized carbons (Fsp3) is 0.533. The summed E-state index contributed by atoms with van der Waals surface area (Å²) in [6.45, 7) is 3.86. The highest BCUT2D eigenvalue weighted by Crippen LogP contribution is 2.28. The fourth-order valence-electron chi connectivity index (χ4n) is 1.92. The van der Waals surface area contributed by atoms with Crippen molar-refractivity contribution in [2.75, 3.05) is 7.11 Å². The van der Waals surface area contributed by atoms with Crippen LogP contribution in [0.2, 0.25) is 0 Å². The Morgan fingerprint density at radius 3 is 2.64 bits per heavy atom. The number of ether oxygens (including phenoxy) is 1. The van der Waals surface area contributed by atoms with Gasteiger partial charge in [0.05, 0.1) is 7.11 Å². The van der Waals surface area contributed by atoms with Crippen molar-refractivity contribution in [2.24, 2.45) is 0 Å². The van der Waals surface area contributed by atoms with Crippen LogP contribution in [0.25, 0.3) is 0 Å². The third-order valence-corrected chi connectivity index (χ3v) is 5.15. The average molecular weight is 326 g/mol. The van der Waals surface area contributed by atoms with E-state index in [2.05, 4.69) is 10.0 Å². The molecule has 0 heterocycles. The van der Waals surface area contributed by atoms with Gasteiger partial charge in [0.15, 0.2) is 0 Å². The molecule has 22 heavy (non-hydrogen) atoms. The molecule has 1 fully saturated rings. The van der Waals surface area contributed by atoms with Gasteiger partial charge < -0.3 is 10.1 Å². The van der Waals surface area contributed by atoms with E-state index in [1.807, 2.05) is 13.8 Å². The molecule has 2 rings (SSSR count). The average Bonchev–Trinajstić information content (AvgIpc) is 3.29. The van der Waals surface area contributed by atoms with Crippen molar-refractivity contribution in [3.05, 3.63) is 23.8 Å². The van der Waals surface area contributed by atoms with Crippen LogP contribution < -0.4 is 14.8 Å². The number of benzene rings is 1. The summed E-state index contributed by atoms with van der Waals surface area (Å²) in [5.41, 5.74) is 0.303. The number of nitrogens with one attached hydrogen (secondary N) is 2. The van der Waals surface area contributed by atoms with Gasteiger partial charge in [0.25, 0.3) is 5.91 Å². The van der Waals surface area contributed by atoms with Gasteiger partial charge in [-0.1, -0.05) is 6.92 Å². The Balaban J connectivity index is 2.31. The lowest BCUT2D eigenvalue weighted by Gasteiger charge is -2.14. The van der Waals surface area contributed by atoms with Crippen molar-refractivity contribution >= 4 is 15.9 Å². The Morgan fingerprint density at radius 1 is 1.41 bits per heavy atom. The molecular weight excluding hydrogens is 304 g/mol. The highest BCUT2D eigenvalue weighted by Gasteiger charge is 2.30. The minimum atomic E-state index is -3.68. The molecule has 1 aromatic carbocycles. The number of carbonyl (C=O) groups is 1. The first-order valence-corrected chi connectivity index (χ1v) is 8.87. The van der Waals surface area contributed by atoms with Crippen LogP contribution in [0.5, 0.6) is 5.75 Å². The second kappa shape index (κ2) is 6.66. The van der Waals surface area contributed by atoms with Gasteiger partial charge in [-0.05, 0) is 44.4 Å². The van der Waals surface area contributed by atoms with Crippen molar-refractivity contribution in [3.63, 3.8) is 0 Å². The predicted octanol–water partition coefficient (Wildman–Crippen LogP) is 1.66. The zero-order chi connectivity index (χ0) is 16.3. The number of hydrogen-bond acceptors (Lipinski definition) is 4. The molecule has 1 amide bonds. The Morgan fingerprint density at radius 2 is 2.09 bits per heavy atom. The molecule has 2 N–H and O–H groups in total. The standard InChI is InChI=1S/C15H22N2O4S/c1-4-10(2)16-15(18)11-5-8-13(21-3)14(9-11)22(19,20)17-12-6-7-12/h5,8-10,12,17H,4,6-7H2,1-3H3,(H,16,18). The summed E-state index contributed by atoms with van der Waals surface area (Å²) >= 11 is 0. The van der Waals surface area contributed by atoms with Crippen molar-refractivity contribution in [1.29, 1.82) is 0 Å². The number of carbonyl (C=O) groups excluding carboxylic acids is 1. The molecule has 0 aromatic heterocycles. The zero-order valence-electron chi connectivity index (χ0n) is 13.0. The number of rotatable bonds is 7. The summed E-state index contributed by atoms with van der Waals surface area (Å²) in [5, 5.41) is 2.82. The van der Waals surface area contributed by atoms with Crippen LogP contribution in [0.1, 0.15) is 43.5 Å². The second-order valence-corrected chi connectivity index (χ2v) is 7.23. The summed E-state index contributed by atoms with van der Waals surface area (Å²) in [7, 11) is -2.28. The fourth-order valence-corrected chi connectivity index (χ4v) is 3.42. The van der Waals surface area contributed by atoms with Crippen molar-refractivity contribution < 1.29 is 17.9 Å². The van der Waals surface area contributed by atoms with E-state index in [0.29, 0.717) is 5.56 Å². The number of sulfonamides is 1. The molecule has 0 spiro atoms. The minimum absolute atomic E-state index is 0.00120. The topological polar surface area (TPSA) is 84.5 Å². The first-order valence-electron chi connectivity index (χ1n) is 7.38. The molecule has 0 aliphatic heterocycles. The quantitative estimate of drug-likeness (QED) is 0.798. The molecule has 1 aliphatic carbocycles. The summed E-state index contributed by atoms with van der Waals surface area (Å²) in [6.07, 6.45) is 2.49. The second-order valence-electron chi connectivity index (χ2n) is 5.54. The summed E-state index contributed by atoms with van der Waals surface area (Å²) < 4.78 is 32.5. The summed E-state index contributed by atoms with van der Waals surface area (Å²) in [6, 6.07) is 4.45. The van der Waals surface area contributed by atoms with Gasteiger partial charge in [0.2, 0.25) is 10.0 Å². The molecule has 1 saturated carbocycles. The lowest BCUT2D eigenvalue weighted by molar-refractivity contribution is 0.0939. The van der Waals surface area contributed by atoms with Gasteiger partial charge in [-0.3, -0.25) is 4.79 Å². The van der Waals surface area contributed by atoms with Gasteiger partial charge in [-0.25, -0.2) is 13.1 Å². The van der Waals surface area contributed by atoms with Gasteiger partial charge in [0, 0.05) is 17.6 Å². The molecule has 0 radical (unpaired) electrons. The lowest BCUT2D eigenvalue weighted by atomic mass is 10.2. The summed E-state index contributed by atoms with van der Waals surface area (Å²) in [4.78, 5) is 12.2. The highest BCUT2D eigenvalue weighted by atomic mass is 32.2. The van der Waals surface area contributed by atoms with Gasteiger partial charge in [-0.15, -0.1) is 0 Å². The maximum absolute atomic E-state index is 12.4. The Hall–Kier alpha value is -1.60. The summed E-state index contributed by atoms with van der Waals surface area (Å²) in [5.74, 6) is -0.0619. The van der Waals surface area contributed by atoms with Crippen LogP contribution in [0.3, 0.4) is 0 Å². The van der Waals surface area contributed by atoms with E-state index < -0.39 is 10.0 Å². The van der Waals surface area contributed by atoms with Crippen molar-refractivity contribution in [2.45, 2.75) is 50.1 Å². The smallest absolute Gasteiger partial charge is 0.251 e. The normalized spacial score (nSPS) is 16.1. The van der Waals surface area contributed by atoms with E-state index in [0.717, 1.165) is 19.3 Å². The van der Waals surface area contributed by atoms with E-state index in [9.17, 15) is 13.2 Å². The zero-order valence-corrected chi connectivity index (χ0v) is 13.9. The van der Waals surface area contributed by atoms with Gasteiger partial charge in [0.1, 0.15) is 10.6 Å². The predicted molar refractivity (Wildman–Crippen MR) is 83.6 cm³/mol. The molecule has 6 nitrogen and oxygen atoms in total. The number of methoxy groups -OCH3 is 1. The monoisotopic (exact) mass is 326 g/mol. The van der Waals surface area contributed by atoms with E-state index in [-0.39, 0.29) is 28.6 Å². The first kappa shape index (κ1) is 16.8. The third kappa shape index (κ3) is 3.98. The maximum Gasteiger partial charge on any atom is 0.251 e. The first-order chi connectivity index (χ1) is 10.4. The molecule has 7 heteroatoms. The van der Waals surface area contributed by atoms with E-state index in [1.165, 1.54) is 19.2 Å². The SMILES string of the molecule is CCC(C)NC(=O)c1ccc(OC)c(S(=O)(=O)NC2CC2)c1. The van der Waals surface area contributed by atoms with E-state index >= 15 is 0 Å². The molecule has 1 aromatic rings. The van der Waals surface area contributed by atoms with Crippen LogP contribution in [0, 0.1) is 0 Å². The number of amides is 1. The maximum atomic E-state index is 12.4. The van der Waals surface area contributed by atoms with Crippen LogP contribution in [-0.4, -0.2) is 33.5 Å². The van der Waals surface area contributed by atoms with Crippen LogP contribution in [0.15, 0.2) is 23.1 Å². The van der Waals surface area contributed by atoms with Crippen LogP contribution in [-0.2, 0) is 10.0 Å². The Bertz CT molecular complexity index is 654. The van der Waals surface area contributed by atoms with E-state index in [4.69, 9.17) is 4.74 Å².